The van der Waals surface area contributed by atoms with Crippen molar-refractivity contribution in [1.29, 1.82) is 0 Å². The average Bonchev–Trinajstić information content (AvgIpc) is 3.15. The van der Waals surface area contributed by atoms with E-state index in [0.29, 0.717) is 11.3 Å². The summed E-state index contributed by atoms with van der Waals surface area (Å²) in [6.07, 6.45) is 6.66. The third kappa shape index (κ3) is 2.99. The van der Waals surface area contributed by atoms with E-state index in [1.165, 1.54) is 7.11 Å². The molecule has 0 aromatic heterocycles. The van der Waals surface area contributed by atoms with Gasteiger partial charge in [-0.1, -0.05) is 42.5 Å². The van der Waals surface area contributed by atoms with Gasteiger partial charge >= 0.3 is 0 Å². The van der Waals surface area contributed by atoms with E-state index in [0.717, 1.165) is 4.90 Å². The van der Waals surface area contributed by atoms with E-state index in [4.69, 9.17) is 4.74 Å². The summed E-state index contributed by atoms with van der Waals surface area (Å²) in [5.41, 5.74) is -0.668. The molecule has 154 valence electrons. The zero-order valence-corrected chi connectivity index (χ0v) is 15.5. The van der Waals surface area contributed by atoms with E-state index in [9.17, 15) is 26.7 Å². The smallest absolute Gasteiger partial charge is 0.265 e. The molecular formula is C22H14F5NO2. The Kier molecular flexibility index (Phi) is 4.93. The SMILES string of the molecule is COC1=C[C@@H]2[C@H](C=C1)C=C(c1ccccc1)N2C(=O)c1c(F)c(F)c(F)c(F)c1F. The Labute approximate surface area is 168 Å². The predicted octanol–water partition coefficient (Wildman–Crippen LogP) is 4.96. The number of carbonyl (C=O) groups is 1. The number of nitrogens with zero attached hydrogens (tertiary/aromatic N) is 1. The summed E-state index contributed by atoms with van der Waals surface area (Å²) in [5.74, 6) is -12.3. The Hall–Kier alpha value is -3.42. The molecule has 0 bridgehead atoms. The molecule has 30 heavy (non-hydrogen) atoms. The van der Waals surface area contributed by atoms with Gasteiger partial charge in [0, 0.05) is 11.6 Å². The van der Waals surface area contributed by atoms with Crippen molar-refractivity contribution in [2.45, 2.75) is 6.04 Å². The lowest BCUT2D eigenvalue weighted by Gasteiger charge is -2.30. The van der Waals surface area contributed by atoms with Crippen LogP contribution >= 0.6 is 0 Å². The highest BCUT2D eigenvalue weighted by Gasteiger charge is 2.42. The van der Waals surface area contributed by atoms with E-state index >= 15 is 0 Å². The van der Waals surface area contributed by atoms with Crippen LogP contribution in [-0.2, 0) is 4.74 Å². The standard InChI is InChI=1S/C22H14F5NO2/c1-30-13-8-7-12-9-14(11-5-3-2-4-6-11)28(15(12)10-13)22(29)16-17(23)19(25)21(27)20(26)18(16)24/h2-10,12,15H,1H3/t12-,15-/m1/s1. The van der Waals surface area contributed by atoms with Crippen molar-refractivity contribution < 1.29 is 31.5 Å². The summed E-state index contributed by atoms with van der Waals surface area (Å²) in [6, 6.07) is 7.73. The molecule has 0 saturated carbocycles. The number of ether oxygens (including phenoxy) is 1. The second-order valence-corrected chi connectivity index (χ2v) is 6.74. The molecule has 1 aliphatic carbocycles. The molecule has 0 radical (unpaired) electrons. The van der Waals surface area contributed by atoms with Crippen LogP contribution in [0.15, 0.2) is 60.4 Å². The second kappa shape index (κ2) is 7.44. The Morgan fingerprint density at radius 1 is 0.900 bits per heavy atom. The van der Waals surface area contributed by atoms with Crippen molar-refractivity contribution in [2.24, 2.45) is 5.92 Å². The summed E-state index contributed by atoms with van der Waals surface area (Å²) < 4.78 is 74.8. The lowest BCUT2D eigenvalue weighted by molar-refractivity contribution is 0.0794. The number of hydrogen-bond donors (Lipinski definition) is 0. The van der Waals surface area contributed by atoms with Gasteiger partial charge in [0.05, 0.1) is 13.2 Å². The molecule has 2 aromatic rings. The Balaban J connectivity index is 1.88. The first-order valence-corrected chi connectivity index (χ1v) is 8.91. The van der Waals surface area contributed by atoms with E-state index in [-0.39, 0.29) is 11.6 Å². The molecule has 8 heteroatoms. The molecule has 1 heterocycles. The molecule has 0 spiro atoms. The van der Waals surface area contributed by atoms with Crippen LogP contribution in [0.25, 0.3) is 5.70 Å². The molecule has 0 unspecified atom stereocenters. The maximum atomic E-state index is 14.4. The van der Waals surface area contributed by atoms with Crippen molar-refractivity contribution in [2.75, 3.05) is 7.11 Å². The molecule has 1 aliphatic heterocycles. The van der Waals surface area contributed by atoms with E-state index in [2.05, 4.69) is 0 Å². The van der Waals surface area contributed by atoms with Gasteiger partial charge in [-0.3, -0.25) is 9.69 Å². The Bertz CT molecular complexity index is 1100. The van der Waals surface area contributed by atoms with Crippen LogP contribution in [0.5, 0.6) is 0 Å². The zero-order chi connectivity index (χ0) is 21.6. The van der Waals surface area contributed by atoms with Crippen LogP contribution < -0.4 is 0 Å². The highest BCUT2D eigenvalue weighted by Crippen LogP contribution is 2.40. The fourth-order valence-electron chi connectivity index (χ4n) is 3.62. The molecule has 3 nitrogen and oxygen atoms in total. The summed E-state index contributed by atoms with van der Waals surface area (Å²) in [7, 11) is 1.41. The molecule has 0 N–H and O–H groups in total. The van der Waals surface area contributed by atoms with Crippen LogP contribution in [0, 0.1) is 35.0 Å². The number of amides is 1. The van der Waals surface area contributed by atoms with Gasteiger partial charge in [0.15, 0.2) is 23.3 Å². The van der Waals surface area contributed by atoms with Crippen molar-refractivity contribution in [1.82, 2.24) is 4.90 Å². The van der Waals surface area contributed by atoms with Gasteiger partial charge in [-0.05, 0) is 17.7 Å². The minimum Gasteiger partial charge on any atom is -0.497 e. The molecule has 1 amide bonds. The third-order valence-electron chi connectivity index (χ3n) is 5.07. The van der Waals surface area contributed by atoms with Gasteiger partial charge in [-0.15, -0.1) is 0 Å². The average molecular weight is 419 g/mol. The van der Waals surface area contributed by atoms with Crippen LogP contribution in [0.4, 0.5) is 22.0 Å². The number of methoxy groups -OCH3 is 1. The summed E-state index contributed by atoms with van der Waals surface area (Å²) in [5, 5.41) is 0. The van der Waals surface area contributed by atoms with Crippen LogP contribution in [0.2, 0.25) is 0 Å². The maximum Gasteiger partial charge on any atom is 0.265 e. The fraction of sp³-hybridized carbons (Fsp3) is 0.136. The van der Waals surface area contributed by atoms with Gasteiger partial charge in [0.25, 0.3) is 5.91 Å². The number of rotatable bonds is 3. The number of hydrogen-bond acceptors (Lipinski definition) is 2. The van der Waals surface area contributed by atoms with Crippen molar-refractivity contribution in [3.8, 4) is 0 Å². The zero-order valence-electron chi connectivity index (χ0n) is 15.5. The van der Waals surface area contributed by atoms with Crippen LogP contribution in [0.3, 0.4) is 0 Å². The first kappa shape index (κ1) is 19.9. The number of carbonyl (C=O) groups excluding carboxylic acids is 1. The van der Waals surface area contributed by atoms with E-state index in [1.54, 1.807) is 54.6 Å². The predicted molar refractivity (Wildman–Crippen MR) is 98.3 cm³/mol. The summed E-state index contributed by atoms with van der Waals surface area (Å²) in [6.45, 7) is 0. The van der Waals surface area contributed by atoms with Crippen molar-refractivity contribution in [3.63, 3.8) is 0 Å². The highest BCUT2D eigenvalue weighted by atomic mass is 19.2. The van der Waals surface area contributed by atoms with Gasteiger partial charge in [-0.25, -0.2) is 22.0 Å². The quantitative estimate of drug-likeness (QED) is 0.400. The van der Waals surface area contributed by atoms with Crippen LogP contribution in [-0.4, -0.2) is 24.0 Å². The Morgan fingerprint density at radius 2 is 1.50 bits per heavy atom. The maximum absolute atomic E-state index is 14.4. The van der Waals surface area contributed by atoms with Gasteiger partial charge in [0.2, 0.25) is 5.82 Å². The molecule has 2 aliphatic rings. The molecule has 0 saturated heterocycles. The lowest BCUT2D eigenvalue weighted by Crippen LogP contribution is -2.39. The van der Waals surface area contributed by atoms with E-state index < -0.39 is 46.6 Å². The second-order valence-electron chi connectivity index (χ2n) is 6.74. The number of fused-ring (bicyclic) bond motifs is 1. The highest BCUT2D eigenvalue weighted by molar-refractivity contribution is 6.01. The van der Waals surface area contributed by atoms with Gasteiger partial charge < -0.3 is 4.74 Å². The lowest BCUT2D eigenvalue weighted by atomic mass is 9.95. The monoisotopic (exact) mass is 419 g/mol. The summed E-state index contributed by atoms with van der Waals surface area (Å²) >= 11 is 0. The number of allylic oxidation sites excluding steroid dienone is 1. The fourth-order valence-corrected chi connectivity index (χ4v) is 3.62. The first-order chi connectivity index (χ1) is 14.3. The molecular weight excluding hydrogens is 405 g/mol. The first-order valence-electron chi connectivity index (χ1n) is 8.91. The minimum atomic E-state index is -2.32. The molecule has 2 aromatic carbocycles. The third-order valence-corrected chi connectivity index (χ3v) is 5.07. The molecule has 4 rings (SSSR count). The van der Waals surface area contributed by atoms with Crippen molar-refractivity contribution >= 4 is 11.6 Å². The van der Waals surface area contributed by atoms with E-state index in [1.807, 2.05) is 0 Å². The van der Waals surface area contributed by atoms with Gasteiger partial charge in [0.1, 0.15) is 11.3 Å². The number of halogens is 5. The number of benzene rings is 2. The minimum absolute atomic E-state index is 0.290. The topological polar surface area (TPSA) is 29.5 Å². The largest absolute Gasteiger partial charge is 0.497 e. The van der Waals surface area contributed by atoms with Crippen LogP contribution in [0.1, 0.15) is 15.9 Å². The normalized spacial score (nSPS) is 20.0. The van der Waals surface area contributed by atoms with Crippen molar-refractivity contribution in [3.05, 3.63) is 101 Å². The van der Waals surface area contributed by atoms with Gasteiger partial charge in [-0.2, -0.15) is 0 Å². The summed E-state index contributed by atoms with van der Waals surface area (Å²) in [4.78, 5) is 14.2. The molecule has 2 atom stereocenters. The Morgan fingerprint density at radius 3 is 2.10 bits per heavy atom. The molecule has 0 fully saturated rings.